The number of rotatable bonds is 3. The quantitative estimate of drug-likeness (QED) is 0.828. The molecular formula is C13H11N3O3S. The third kappa shape index (κ3) is 2.39. The van der Waals surface area contributed by atoms with E-state index >= 15 is 0 Å². The number of nitriles is 1. The van der Waals surface area contributed by atoms with Crippen LogP contribution in [0.5, 0.6) is 0 Å². The first-order valence-corrected chi connectivity index (χ1v) is 7.22. The second-order valence-electron chi connectivity index (χ2n) is 4.31. The molecule has 0 radical (unpaired) electrons. The lowest BCUT2D eigenvalue weighted by molar-refractivity contribution is 0.106. The van der Waals surface area contributed by atoms with Crippen molar-refractivity contribution in [3.05, 3.63) is 48.2 Å². The minimum absolute atomic E-state index is 0.00530. The van der Waals surface area contributed by atoms with Crippen LogP contribution in [-0.2, 0) is 10.0 Å². The van der Waals surface area contributed by atoms with Gasteiger partial charge >= 0.3 is 0 Å². The number of nitrogens with zero attached hydrogens (tertiary/aromatic N) is 2. The maximum atomic E-state index is 12.2. The second kappa shape index (κ2) is 5.00. The van der Waals surface area contributed by atoms with Crippen LogP contribution in [-0.4, -0.2) is 24.7 Å². The minimum atomic E-state index is -4.17. The molecule has 0 bridgehead atoms. The highest BCUT2D eigenvalue weighted by molar-refractivity contribution is 7.91. The fourth-order valence-corrected chi connectivity index (χ4v) is 2.55. The molecule has 1 aromatic carbocycles. The molecule has 0 saturated heterocycles. The van der Waals surface area contributed by atoms with Gasteiger partial charge in [0.1, 0.15) is 0 Å². The van der Waals surface area contributed by atoms with Crippen LogP contribution < -0.4 is 5.14 Å². The fraction of sp³-hybridized carbons (Fsp3) is 0.154. The number of Topliss-reactive ketones (excluding diaryl/α,β-unsaturated/α-hetero) is 1. The Morgan fingerprint density at radius 3 is 2.55 bits per heavy atom. The van der Waals surface area contributed by atoms with Crippen molar-refractivity contribution in [3.8, 4) is 6.07 Å². The van der Waals surface area contributed by atoms with Gasteiger partial charge < -0.3 is 0 Å². The molecule has 0 spiro atoms. The van der Waals surface area contributed by atoms with Gasteiger partial charge in [-0.3, -0.25) is 9.79 Å². The maximum absolute atomic E-state index is 12.2. The minimum Gasteiger partial charge on any atom is -0.287 e. The monoisotopic (exact) mass is 289 g/mol. The highest BCUT2D eigenvalue weighted by Crippen LogP contribution is 2.26. The lowest BCUT2D eigenvalue weighted by atomic mass is 9.95. The molecule has 1 aromatic rings. The number of nitrogens with two attached hydrogens (primary N) is 1. The summed E-state index contributed by atoms with van der Waals surface area (Å²) in [6.07, 6.45) is 1.88. The summed E-state index contributed by atoms with van der Waals surface area (Å²) in [5.74, 6) is -0.418. The molecular weight excluding hydrogens is 278 g/mol. The number of benzene rings is 1. The highest BCUT2D eigenvalue weighted by atomic mass is 32.2. The first kappa shape index (κ1) is 14.1. The van der Waals surface area contributed by atoms with E-state index in [0.717, 1.165) is 12.3 Å². The Morgan fingerprint density at radius 2 is 2.00 bits per heavy atom. The van der Waals surface area contributed by atoms with E-state index in [9.17, 15) is 13.2 Å². The molecule has 20 heavy (non-hydrogen) atoms. The van der Waals surface area contributed by atoms with Crippen molar-refractivity contribution in [2.45, 2.75) is 11.2 Å². The number of sulfonamides is 1. The van der Waals surface area contributed by atoms with E-state index < -0.39 is 20.6 Å². The predicted molar refractivity (Wildman–Crippen MR) is 73.4 cm³/mol. The van der Waals surface area contributed by atoms with Crippen LogP contribution in [0.2, 0.25) is 0 Å². The van der Waals surface area contributed by atoms with E-state index in [1.165, 1.54) is 0 Å². The molecule has 2 N–H and O–H groups in total. The third-order valence-corrected chi connectivity index (χ3v) is 4.39. The van der Waals surface area contributed by atoms with Gasteiger partial charge in [-0.05, 0) is 6.08 Å². The zero-order chi connectivity index (χ0) is 14.8. The van der Waals surface area contributed by atoms with E-state index in [4.69, 9.17) is 10.4 Å². The third-order valence-electron chi connectivity index (χ3n) is 3.00. The van der Waals surface area contributed by atoms with Gasteiger partial charge in [-0.25, -0.2) is 13.6 Å². The maximum Gasteiger partial charge on any atom is 0.232 e. The van der Waals surface area contributed by atoms with E-state index in [1.54, 1.807) is 36.4 Å². The van der Waals surface area contributed by atoms with E-state index in [-0.39, 0.29) is 12.1 Å². The van der Waals surface area contributed by atoms with Gasteiger partial charge in [0.15, 0.2) is 4.75 Å². The van der Waals surface area contributed by atoms with Crippen LogP contribution in [0, 0.1) is 11.3 Å². The molecule has 7 heteroatoms. The Labute approximate surface area is 116 Å². The average Bonchev–Trinajstić information content (AvgIpc) is 2.46. The van der Waals surface area contributed by atoms with Crippen molar-refractivity contribution in [1.29, 1.82) is 5.26 Å². The zero-order valence-electron chi connectivity index (χ0n) is 10.4. The molecule has 1 heterocycles. The zero-order valence-corrected chi connectivity index (χ0v) is 11.2. The van der Waals surface area contributed by atoms with Gasteiger partial charge in [-0.1, -0.05) is 30.3 Å². The molecule has 1 atom stereocenters. The summed E-state index contributed by atoms with van der Waals surface area (Å²) in [6, 6.07) is 9.97. The smallest absolute Gasteiger partial charge is 0.232 e. The molecule has 0 amide bonds. The summed E-state index contributed by atoms with van der Waals surface area (Å²) in [5.41, 5.74) is 0.372. The molecule has 102 valence electrons. The van der Waals surface area contributed by atoms with Crippen LogP contribution >= 0.6 is 0 Å². The Bertz CT molecular complexity index is 745. The van der Waals surface area contributed by atoms with E-state index in [0.29, 0.717) is 5.56 Å². The number of carbonyl (C=O) groups excluding carboxylic acids is 1. The van der Waals surface area contributed by atoms with Crippen LogP contribution in [0.3, 0.4) is 0 Å². The summed E-state index contributed by atoms with van der Waals surface area (Å²) >= 11 is 0. The van der Waals surface area contributed by atoms with Crippen molar-refractivity contribution in [2.75, 3.05) is 0 Å². The summed E-state index contributed by atoms with van der Waals surface area (Å²) in [7, 11) is -4.17. The van der Waals surface area contributed by atoms with Crippen LogP contribution in [0.4, 0.5) is 0 Å². The molecule has 1 aliphatic rings. The average molecular weight is 289 g/mol. The number of primary sulfonamides is 1. The second-order valence-corrected chi connectivity index (χ2v) is 6.13. The molecule has 0 saturated carbocycles. The Morgan fingerprint density at radius 1 is 1.35 bits per heavy atom. The van der Waals surface area contributed by atoms with Crippen LogP contribution in [0.1, 0.15) is 16.8 Å². The Balaban J connectivity index is 2.39. The topological polar surface area (TPSA) is 113 Å². The summed E-state index contributed by atoms with van der Waals surface area (Å²) in [6.45, 7) is 0. The predicted octanol–water partition coefficient (Wildman–Crippen LogP) is 0.779. The number of aliphatic imine (C=N–C) groups is 1. The fourth-order valence-electron chi connectivity index (χ4n) is 1.83. The summed E-state index contributed by atoms with van der Waals surface area (Å²) in [4.78, 5) is 16.1. The van der Waals surface area contributed by atoms with Crippen LogP contribution in [0.25, 0.3) is 0 Å². The Hall–Kier alpha value is -2.30. The first-order valence-electron chi connectivity index (χ1n) is 5.67. The number of hydrogen-bond donors (Lipinski definition) is 1. The normalized spacial score (nSPS) is 21.9. The number of ketones is 1. The number of hydrogen-bond acceptors (Lipinski definition) is 5. The van der Waals surface area contributed by atoms with Crippen molar-refractivity contribution in [2.24, 2.45) is 10.1 Å². The van der Waals surface area contributed by atoms with Crippen molar-refractivity contribution >= 4 is 21.5 Å². The van der Waals surface area contributed by atoms with Crippen molar-refractivity contribution in [3.63, 3.8) is 0 Å². The standard InChI is InChI=1S/C13H11N3O3S/c14-9-13(20(15,18)19)6-7-16-11(8-13)12(17)10-4-2-1-3-5-10/h1-7H,8H2,(H2,15,18,19). The summed E-state index contributed by atoms with van der Waals surface area (Å²) in [5, 5.41) is 14.2. The summed E-state index contributed by atoms with van der Waals surface area (Å²) < 4.78 is 21.2. The SMILES string of the molecule is N#CC1(S(N)(=O)=O)C=CN=C(C(=O)c2ccccc2)C1. The van der Waals surface area contributed by atoms with Gasteiger partial charge in [-0.2, -0.15) is 5.26 Å². The number of carbonyl (C=O) groups is 1. The lowest BCUT2D eigenvalue weighted by Gasteiger charge is -2.23. The van der Waals surface area contributed by atoms with Crippen molar-refractivity contribution < 1.29 is 13.2 Å². The first-order chi connectivity index (χ1) is 9.39. The van der Waals surface area contributed by atoms with Crippen LogP contribution in [0.15, 0.2) is 47.6 Å². The van der Waals surface area contributed by atoms with Gasteiger partial charge in [0, 0.05) is 18.2 Å². The molecule has 0 fully saturated rings. The molecule has 1 unspecified atom stereocenters. The Kier molecular flexibility index (Phi) is 3.53. The van der Waals surface area contributed by atoms with E-state index in [1.807, 2.05) is 0 Å². The molecule has 6 nitrogen and oxygen atoms in total. The highest BCUT2D eigenvalue weighted by Gasteiger charge is 2.43. The van der Waals surface area contributed by atoms with Gasteiger partial charge in [0.05, 0.1) is 11.8 Å². The van der Waals surface area contributed by atoms with Crippen molar-refractivity contribution in [1.82, 2.24) is 0 Å². The van der Waals surface area contributed by atoms with Gasteiger partial charge in [0.25, 0.3) is 0 Å². The van der Waals surface area contributed by atoms with E-state index in [2.05, 4.69) is 4.99 Å². The van der Waals surface area contributed by atoms with Gasteiger partial charge in [0.2, 0.25) is 15.8 Å². The molecule has 1 aliphatic heterocycles. The molecule has 0 aromatic heterocycles. The lowest BCUT2D eigenvalue weighted by Crippen LogP contribution is -2.44. The van der Waals surface area contributed by atoms with Gasteiger partial charge in [-0.15, -0.1) is 0 Å². The molecule has 2 rings (SSSR count). The molecule has 0 aliphatic carbocycles. The largest absolute Gasteiger partial charge is 0.287 e.